The Labute approximate surface area is 177 Å². The van der Waals surface area contributed by atoms with Gasteiger partial charge in [-0.05, 0) is 39.3 Å². The number of ether oxygens (including phenoxy) is 2. The van der Waals surface area contributed by atoms with Crippen LogP contribution in [-0.2, 0) is 19.1 Å². The Kier molecular flexibility index (Phi) is 6.97. The van der Waals surface area contributed by atoms with E-state index in [1.54, 1.807) is 0 Å². The molecule has 0 aromatic heterocycles. The minimum atomic E-state index is -0.213. The summed E-state index contributed by atoms with van der Waals surface area (Å²) in [4.78, 5) is 39.2. The quantitative estimate of drug-likeness (QED) is 0.654. The maximum absolute atomic E-state index is 12.4. The number of nitrogens with zero attached hydrogens (tertiary/aromatic N) is 2. The zero-order valence-corrected chi connectivity index (χ0v) is 18.0. The van der Waals surface area contributed by atoms with Crippen LogP contribution in [0.1, 0.15) is 46.5 Å². The van der Waals surface area contributed by atoms with Gasteiger partial charge in [0.25, 0.3) is 0 Å². The Morgan fingerprint density at radius 3 is 2.63 bits per heavy atom. The largest absolute Gasteiger partial charge is 0.492 e. The van der Waals surface area contributed by atoms with Gasteiger partial charge >= 0.3 is 0 Å². The highest BCUT2D eigenvalue weighted by atomic mass is 16.5. The summed E-state index contributed by atoms with van der Waals surface area (Å²) >= 11 is 0. The van der Waals surface area contributed by atoms with Crippen LogP contribution in [0.15, 0.2) is 18.2 Å². The Hall–Kier alpha value is -2.61. The van der Waals surface area contributed by atoms with Crippen molar-refractivity contribution < 1.29 is 23.9 Å². The highest BCUT2D eigenvalue weighted by molar-refractivity contribution is 6.02. The second-order valence-electron chi connectivity index (χ2n) is 8.23. The fraction of sp³-hybridized carbons (Fsp3) is 0.591. The van der Waals surface area contributed by atoms with Gasteiger partial charge in [0.05, 0.1) is 24.5 Å². The standard InChI is InChI=1S/C22H31N3O5/c1-4-29-18-14-16(24-12-13-30-22(2,3)15-24)7-8-17(18)23-19(26)6-5-11-25-20(27)9-10-21(25)28/h7-8,14H,4-6,9-13,15H2,1-3H3,(H,23,26). The Balaban J connectivity index is 1.60. The van der Waals surface area contributed by atoms with Crippen LogP contribution in [0, 0.1) is 0 Å². The average Bonchev–Trinajstić information content (AvgIpc) is 3.01. The number of anilines is 2. The third kappa shape index (κ3) is 5.50. The van der Waals surface area contributed by atoms with Crippen molar-refractivity contribution in [2.24, 2.45) is 0 Å². The summed E-state index contributed by atoms with van der Waals surface area (Å²) in [5.41, 5.74) is 1.43. The summed E-state index contributed by atoms with van der Waals surface area (Å²) < 4.78 is 11.5. The number of morpholine rings is 1. The highest BCUT2D eigenvalue weighted by Gasteiger charge is 2.29. The normalized spacial score (nSPS) is 18.6. The van der Waals surface area contributed by atoms with Gasteiger partial charge < -0.3 is 19.7 Å². The average molecular weight is 418 g/mol. The second-order valence-corrected chi connectivity index (χ2v) is 8.23. The summed E-state index contributed by atoms with van der Waals surface area (Å²) in [5.74, 6) is 0.148. The molecular formula is C22H31N3O5. The van der Waals surface area contributed by atoms with Crippen LogP contribution in [0.2, 0.25) is 0 Å². The number of rotatable bonds is 8. The van der Waals surface area contributed by atoms with E-state index in [0.29, 0.717) is 31.1 Å². The zero-order valence-electron chi connectivity index (χ0n) is 18.0. The van der Waals surface area contributed by atoms with Crippen LogP contribution in [0.5, 0.6) is 5.75 Å². The minimum absolute atomic E-state index is 0.152. The smallest absolute Gasteiger partial charge is 0.229 e. The summed E-state index contributed by atoms with van der Waals surface area (Å²) in [5, 5.41) is 2.89. The number of carbonyl (C=O) groups is 3. The maximum Gasteiger partial charge on any atom is 0.229 e. The Morgan fingerprint density at radius 1 is 1.23 bits per heavy atom. The van der Waals surface area contributed by atoms with E-state index in [4.69, 9.17) is 9.47 Å². The van der Waals surface area contributed by atoms with Crippen molar-refractivity contribution in [1.29, 1.82) is 0 Å². The van der Waals surface area contributed by atoms with Gasteiger partial charge in [-0.15, -0.1) is 0 Å². The lowest BCUT2D eigenvalue weighted by Crippen LogP contribution is -2.48. The molecule has 0 aliphatic carbocycles. The number of hydrogen-bond donors (Lipinski definition) is 1. The van der Waals surface area contributed by atoms with Gasteiger partial charge in [0.15, 0.2) is 0 Å². The molecule has 8 nitrogen and oxygen atoms in total. The fourth-order valence-electron chi connectivity index (χ4n) is 3.81. The monoisotopic (exact) mass is 417 g/mol. The predicted octanol–water partition coefficient (Wildman–Crippen LogP) is 2.57. The topological polar surface area (TPSA) is 88.2 Å². The van der Waals surface area contributed by atoms with Gasteiger partial charge in [-0.3, -0.25) is 19.3 Å². The van der Waals surface area contributed by atoms with E-state index in [1.165, 1.54) is 4.90 Å². The highest BCUT2D eigenvalue weighted by Crippen LogP contribution is 2.32. The van der Waals surface area contributed by atoms with Crippen molar-refractivity contribution >= 4 is 29.1 Å². The van der Waals surface area contributed by atoms with Crippen molar-refractivity contribution in [3.05, 3.63) is 18.2 Å². The molecular weight excluding hydrogens is 386 g/mol. The van der Waals surface area contributed by atoms with Crippen molar-refractivity contribution in [3.63, 3.8) is 0 Å². The van der Waals surface area contributed by atoms with E-state index >= 15 is 0 Å². The third-order valence-corrected chi connectivity index (χ3v) is 5.27. The van der Waals surface area contributed by atoms with Gasteiger partial charge in [0, 0.05) is 50.7 Å². The third-order valence-electron chi connectivity index (χ3n) is 5.27. The molecule has 2 saturated heterocycles. The molecule has 0 atom stereocenters. The van der Waals surface area contributed by atoms with Crippen molar-refractivity contribution in [2.75, 3.05) is 43.1 Å². The lowest BCUT2D eigenvalue weighted by molar-refractivity contribution is -0.138. The maximum atomic E-state index is 12.4. The number of carbonyl (C=O) groups excluding carboxylic acids is 3. The molecule has 0 radical (unpaired) electrons. The molecule has 0 spiro atoms. The molecule has 0 bridgehead atoms. The number of amides is 3. The minimum Gasteiger partial charge on any atom is -0.492 e. The second kappa shape index (κ2) is 9.47. The molecule has 1 N–H and O–H groups in total. The number of benzene rings is 1. The first-order valence-electron chi connectivity index (χ1n) is 10.6. The molecule has 3 rings (SSSR count). The molecule has 8 heteroatoms. The number of imide groups is 1. The van der Waals surface area contributed by atoms with Crippen LogP contribution >= 0.6 is 0 Å². The molecule has 0 saturated carbocycles. The van der Waals surface area contributed by atoms with Gasteiger partial charge in [-0.1, -0.05) is 0 Å². The van der Waals surface area contributed by atoms with E-state index in [-0.39, 0.29) is 49.1 Å². The number of hydrogen-bond acceptors (Lipinski definition) is 6. The van der Waals surface area contributed by atoms with Crippen LogP contribution in [0.4, 0.5) is 11.4 Å². The van der Waals surface area contributed by atoms with Crippen molar-refractivity contribution in [3.8, 4) is 5.75 Å². The molecule has 2 fully saturated rings. The molecule has 2 heterocycles. The van der Waals surface area contributed by atoms with E-state index < -0.39 is 0 Å². The fourth-order valence-corrected chi connectivity index (χ4v) is 3.81. The van der Waals surface area contributed by atoms with Gasteiger partial charge in [0.2, 0.25) is 17.7 Å². The zero-order chi connectivity index (χ0) is 21.7. The summed E-state index contributed by atoms with van der Waals surface area (Å²) in [6.07, 6.45) is 1.21. The van der Waals surface area contributed by atoms with Gasteiger partial charge in [-0.2, -0.15) is 0 Å². The SMILES string of the molecule is CCOc1cc(N2CCOC(C)(C)C2)ccc1NC(=O)CCCN1C(=O)CCC1=O. The first-order chi connectivity index (χ1) is 14.3. The first-order valence-corrected chi connectivity index (χ1v) is 10.6. The molecule has 0 unspecified atom stereocenters. The molecule has 164 valence electrons. The molecule has 1 aromatic carbocycles. The van der Waals surface area contributed by atoms with E-state index in [9.17, 15) is 14.4 Å². The summed E-state index contributed by atoms with van der Waals surface area (Å²) in [7, 11) is 0. The van der Waals surface area contributed by atoms with Crippen molar-refractivity contribution in [1.82, 2.24) is 4.90 Å². The molecule has 2 aliphatic heterocycles. The molecule has 2 aliphatic rings. The van der Waals surface area contributed by atoms with Crippen LogP contribution in [0.25, 0.3) is 0 Å². The van der Waals surface area contributed by atoms with Gasteiger partial charge in [0.1, 0.15) is 5.75 Å². The molecule has 3 amide bonds. The molecule has 1 aromatic rings. The van der Waals surface area contributed by atoms with E-state index in [2.05, 4.69) is 24.1 Å². The summed E-state index contributed by atoms with van der Waals surface area (Å²) in [6, 6.07) is 5.78. The van der Waals surface area contributed by atoms with Crippen LogP contribution < -0.4 is 15.0 Å². The van der Waals surface area contributed by atoms with Crippen molar-refractivity contribution in [2.45, 2.75) is 52.1 Å². The number of likely N-dealkylation sites (tertiary alicyclic amines) is 1. The Bertz CT molecular complexity index is 792. The number of nitrogens with one attached hydrogen (secondary N) is 1. The predicted molar refractivity (Wildman–Crippen MR) is 114 cm³/mol. The Morgan fingerprint density at radius 2 is 1.97 bits per heavy atom. The summed E-state index contributed by atoms with van der Waals surface area (Å²) in [6.45, 7) is 9.06. The molecule has 30 heavy (non-hydrogen) atoms. The first kappa shape index (κ1) is 22.1. The van der Waals surface area contributed by atoms with Crippen LogP contribution in [0.3, 0.4) is 0 Å². The van der Waals surface area contributed by atoms with Crippen LogP contribution in [-0.4, -0.2) is 61.1 Å². The van der Waals surface area contributed by atoms with E-state index in [1.807, 2.05) is 25.1 Å². The lowest BCUT2D eigenvalue weighted by Gasteiger charge is -2.39. The lowest BCUT2D eigenvalue weighted by atomic mass is 10.1. The van der Waals surface area contributed by atoms with E-state index in [0.717, 1.165) is 18.8 Å². The van der Waals surface area contributed by atoms with Gasteiger partial charge in [-0.25, -0.2) is 0 Å².